The van der Waals surface area contributed by atoms with Crippen LogP contribution in [0.5, 0.6) is 0 Å². The van der Waals surface area contributed by atoms with Gasteiger partial charge in [0.1, 0.15) is 0 Å². The molecule has 2 atom stereocenters. The van der Waals surface area contributed by atoms with Gasteiger partial charge in [-0.2, -0.15) is 13.2 Å². The third-order valence-corrected chi connectivity index (χ3v) is 3.70. The number of rotatable bonds is 4. The minimum atomic E-state index is -4.38. The summed E-state index contributed by atoms with van der Waals surface area (Å²) in [6, 6.07) is 4.21. The van der Waals surface area contributed by atoms with Gasteiger partial charge in [-0.3, -0.25) is 4.21 Å². The maximum Gasteiger partial charge on any atom is 0.416 e. The first kappa shape index (κ1) is 14.2. The lowest BCUT2D eigenvalue weighted by atomic mass is 10.1. The van der Waals surface area contributed by atoms with E-state index in [-0.39, 0.29) is 5.75 Å². The minimum absolute atomic E-state index is 0.178. The van der Waals surface area contributed by atoms with Crippen molar-refractivity contribution in [3.05, 3.63) is 35.4 Å². The maximum absolute atomic E-state index is 12.5. The second-order valence-corrected chi connectivity index (χ2v) is 5.42. The highest BCUT2D eigenvalue weighted by atomic mass is 32.2. The van der Waals surface area contributed by atoms with Crippen molar-refractivity contribution >= 4 is 10.8 Å². The molecule has 17 heavy (non-hydrogen) atoms. The highest BCUT2D eigenvalue weighted by Crippen LogP contribution is 2.30. The molecule has 0 amide bonds. The molecule has 96 valence electrons. The third kappa shape index (κ3) is 4.12. The molecule has 2 nitrogen and oxygen atoms in total. The standard InChI is InChI=1S/C11H14F3NOS/c1-2-17(16)7-10(15)8-4-3-5-9(6-8)11(12,13)14/h3-6,10H,2,7,15H2,1H3. The van der Waals surface area contributed by atoms with Crippen LogP contribution < -0.4 is 5.73 Å². The molecule has 0 aliphatic carbocycles. The summed E-state index contributed by atoms with van der Waals surface area (Å²) in [4.78, 5) is 0. The molecular weight excluding hydrogens is 251 g/mol. The van der Waals surface area contributed by atoms with Crippen molar-refractivity contribution < 1.29 is 17.4 Å². The summed E-state index contributed by atoms with van der Waals surface area (Å²) in [5.74, 6) is 0.629. The van der Waals surface area contributed by atoms with Crippen molar-refractivity contribution in [3.63, 3.8) is 0 Å². The van der Waals surface area contributed by atoms with Gasteiger partial charge >= 0.3 is 6.18 Å². The molecular formula is C11H14F3NOS. The van der Waals surface area contributed by atoms with Crippen molar-refractivity contribution in [2.24, 2.45) is 5.73 Å². The zero-order valence-electron chi connectivity index (χ0n) is 9.33. The van der Waals surface area contributed by atoms with Crippen LogP contribution in [0.2, 0.25) is 0 Å². The average molecular weight is 265 g/mol. The Morgan fingerprint density at radius 3 is 2.59 bits per heavy atom. The first-order chi connectivity index (χ1) is 7.84. The van der Waals surface area contributed by atoms with Crippen molar-refractivity contribution in [1.29, 1.82) is 0 Å². The van der Waals surface area contributed by atoms with E-state index in [2.05, 4.69) is 0 Å². The fourth-order valence-electron chi connectivity index (χ4n) is 1.36. The van der Waals surface area contributed by atoms with Crippen LogP contribution in [-0.4, -0.2) is 15.7 Å². The lowest BCUT2D eigenvalue weighted by Gasteiger charge is -2.13. The van der Waals surface area contributed by atoms with E-state index in [0.29, 0.717) is 11.3 Å². The first-order valence-corrected chi connectivity index (χ1v) is 6.61. The zero-order chi connectivity index (χ0) is 13.1. The largest absolute Gasteiger partial charge is 0.416 e. The summed E-state index contributed by atoms with van der Waals surface area (Å²) in [6.45, 7) is 1.75. The number of hydrogen-bond acceptors (Lipinski definition) is 2. The van der Waals surface area contributed by atoms with Crippen LogP contribution in [0.15, 0.2) is 24.3 Å². The van der Waals surface area contributed by atoms with E-state index in [4.69, 9.17) is 5.73 Å². The van der Waals surface area contributed by atoms with Gasteiger partial charge in [-0.1, -0.05) is 19.1 Å². The molecule has 0 heterocycles. The Morgan fingerprint density at radius 1 is 1.41 bits per heavy atom. The molecule has 0 aliphatic heterocycles. The lowest BCUT2D eigenvalue weighted by molar-refractivity contribution is -0.137. The number of halogens is 3. The summed E-state index contributed by atoms with van der Waals surface area (Å²) in [6.07, 6.45) is -4.38. The SMILES string of the molecule is CCS(=O)CC(N)c1cccc(C(F)(F)F)c1. The van der Waals surface area contributed by atoms with Crippen LogP contribution in [0.4, 0.5) is 13.2 Å². The zero-order valence-corrected chi connectivity index (χ0v) is 10.1. The van der Waals surface area contributed by atoms with E-state index in [9.17, 15) is 17.4 Å². The van der Waals surface area contributed by atoms with E-state index in [1.165, 1.54) is 12.1 Å². The smallest absolute Gasteiger partial charge is 0.323 e. The molecule has 6 heteroatoms. The predicted octanol–water partition coefficient (Wildman–Crippen LogP) is 2.47. The minimum Gasteiger partial charge on any atom is -0.323 e. The number of hydrogen-bond donors (Lipinski definition) is 1. The Kier molecular flexibility index (Phi) is 4.70. The van der Waals surface area contributed by atoms with E-state index in [1.807, 2.05) is 0 Å². The molecule has 0 bridgehead atoms. The summed E-state index contributed by atoms with van der Waals surface area (Å²) < 4.78 is 48.7. The lowest BCUT2D eigenvalue weighted by Crippen LogP contribution is -2.19. The molecule has 0 aliphatic rings. The number of nitrogens with two attached hydrogens (primary N) is 1. The third-order valence-electron chi connectivity index (χ3n) is 2.33. The maximum atomic E-state index is 12.5. The number of benzene rings is 1. The van der Waals surface area contributed by atoms with Crippen molar-refractivity contribution in [1.82, 2.24) is 0 Å². The van der Waals surface area contributed by atoms with E-state index in [1.54, 1.807) is 6.92 Å². The highest BCUT2D eigenvalue weighted by Gasteiger charge is 2.30. The monoisotopic (exact) mass is 265 g/mol. The Morgan fingerprint density at radius 2 is 2.06 bits per heavy atom. The van der Waals surface area contributed by atoms with Gasteiger partial charge < -0.3 is 5.73 Å². The van der Waals surface area contributed by atoms with Crippen LogP contribution in [0.3, 0.4) is 0 Å². The Balaban J connectivity index is 2.88. The Bertz CT molecular complexity index is 406. The van der Waals surface area contributed by atoms with Crippen LogP contribution >= 0.6 is 0 Å². The van der Waals surface area contributed by atoms with Crippen LogP contribution in [0.25, 0.3) is 0 Å². The fourth-order valence-corrected chi connectivity index (χ4v) is 2.19. The highest BCUT2D eigenvalue weighted by molar-refractivity contribution is 7.84. The van der Waals surface area contributed by atoms with Gasteiger partial charge in [-0.25, -0.2) is 0 Å². The van der Waals surface area contributed by atoms with Gasteiger partial charge in [-0.05, 0) is 17.7 Å². The Hall–Kier alpha value is -0.880. The number of alkyl halides is 3. The van der Waals surface area contributed by atoms with Gasteiger partial charge in [-0.15, -0.1) is 0 Å². The molecule has 1 rings (SSSR count). The van der Waals surface area contributed by atoms with Gasteiger partial charge in [0.2, 0.25) is 0 Å². The molecule has 0 saturated carbocycles. The molecule has 0 fully saturated rings. The molecule has 1 aromatic carbocycles. The van der Waals surface area contributed by atoms with E-state index >= 15 is 0 Å². The average Bonchev–Trinajstić information content (AvgIpc) is 2.28. The predicted molar refractivity (Wildman–Crippen MR) is 61.9 cm³/mol. The summed E-state index contributed by atoms with van der Waals surface area (Å²) >= 11 is 0. The quantitative estimate of drug-likeness (QED) is 0.908. The normalized spacial score (nSPS) is 15.6. The van der Waals surface area contributed by atoms with Gasteiger partial charge in [0, 0.05) is 28.3 Å². The van der Waals surface area contributed by atoms with E-state index < -0.39 is 28.6 Å². The molecule has 0 spiro atoms. The molecule has 2 N–H and O–H groups in total. The molecule has 1 aromatic rings. The molecule has 0 saturated heterocycles. The van der Waals surface area contributed by atoms with Crippen molar-refractivity contribution in [2.75, 3.05) is 11.5 Å². The molecule has 2 unspecified atom stereocenters. The van der Waals surface area contributed by atoms with Crippen molar-refractivity contribution in [3.8, 4) is 0 Å². The van der Waals surface area contributed by atoms with Crippen molar-refractivity contribution in [2.45, 2.75) is 19.1 Å². The molecule has 0 radical (unpaired) electrons. The van der Waals surface area contributed by atoms with Gasteiger partial charge in [0.15, 0.2) is 0 Å². The fraction of sp³-hybridized carbons (Fsp3) is 0.455. The molecule has 0 aromatic heterocycles. The Labute approximate surface area is 100 Å². The van der Waals surface area contributed by atoms with Gasteiger partial charge in [0.05, 0.1) is 5.56 Å². The second-order valence-electron chi connectivity index (χ2n) is 3.62. The van der Waals surface area contributed by atoms with Crippen LogP contribution in [-0.2, 0) is 17.0 Å². The van der Waals surface area contributed by atoms with Gasteiger partial charge in [0.25, 0.3) is 0 Å². The summed E-state index contributed by atoms with van der Waals surface area (Å²) in [5, 5.41) is 0. The summed E-state index contributed by atoms with van der Waals surface area (Å²) in [7, 11) is -1.09. The topological polar surface area (TPSA) is 43.1 Å². The first-order valence-electron chi connectivity index (χ1n) is 5.12. The summed E-state index contributed by atoms with van der Waals surface area (Å²) in [5.41, 5.74) is 5.36. The van der Waals surface area contributed by atoms with E-state index in [0.717, 1.165) is 12.1 Å². The second kappa shape index (κ2) is 5.64. The van der Waals surface area contributed by atoms with Crippen LogP contribution in [0, 0.1) is 0 Å². The van der Waals surface area contributed by atoms with Crippen LogP contribution in [0.1, 0.15) is 24.1 Å².